The molecule has 1 heterocycles. The first-order valence-corrected chi connectivity index (χ1v) is 9.53. The van der Waals surface area contributed by atoms with Crippen molar-refractivity contribution in [2.75, 3.05) is 40.0 Å². The van der Waals surface area contributed by atoms with Crippen LogP contribution in [0.15, 0.2) is 42.5 Å². The number of morpholine rings is 1. The molecule has 2 aromatic rings. The lowest BCUT2D eigenvalue weighted by molar-refractivity contribution is -0.121. The van der Waals surface area contributed by atoms with E-state index < -0.39 is 5.82 Å². The number of methoxy groups -OCH3 is 1. The maximum absolute atomic E-state index is 13.9. The first-order valence-electron chi connectivity index (χ1n) is 9.53. The summed E-state index contributed by atoms with van der Waals surface area (Å²) in [6, 6.07) is 12.7. The molecule has 0 saturated carbocycles. The van der Waals surface area contributed by atoms with Gasteiger partial charge in [-0.2, -0.15) is 0 Å². The van der Waals surface area contributed by atoms with Crippen molar-refractivity contribution < 1.29 is 18.7 Å². The van der Waals surface area contributed by atoms with Gasteiger partial charge in [-0.1, -0.05) is 35.9 Å². The van der Waals surface area contributed by atoms with Crippen molar-refractivity contribution in [3.8, 4) is 5.75 Å². The summed E-state index contributed by atoms with van der Waals surface area (Å²) in [5.41, 5.74) is 2.85. The largest absolute Gasteiger partial charge is 0.494 e. The maximum atomic E-state index is 13.9. The Morgan fingerprint density at radius 1 is 1.21 bits per heavy atom. The highest BCUT2D eigenvalue weighted by atomic mass is 19.1. The molecule has 28 heavy (non-hydrogen) atoms. The minimum atomic E-state index is -0.462. The topological polar surface area (TPSA) is 50.8 Å². The number of nitrogens with one attached hydrogen (secondary N) is 1. The van der Waals surface area contributed by atoms with Crippen LogP contribution in [0.3, 0.4) is 0 Å². The van der Waals surface area contributed by atoms with Crippen LogP contribution in [0.2, 0.25) is 0 Å². The number of nitrogens with zero attached hydrogens (tertiary/aromatic N) is 1. The lowest BCUT2D eigenvalue weighted by atomic mass is 10.0. The standard InChI is InChI=1S/C22H27FN2O3/c1-16-3-6-18(7-4-16)20(15-25-9-11-28-12-10-25)24-22(26)14-17-5-8-21(27-2)19(23)13-17/h3-8,13,20H,9-12,14-15H2,1-2H3,(H,24,26)/t20-/m1/s1. The second kappa shape index (κ2) is 9.66. The molecular weight excluding hydrogens is 359 g/mol. The summed E-state index contributed by atoms with van der Waals surface area (Å²) in [5.74, 6) is -0.423. The van der Waals surface area contributed by atoms with Crippen molar-refractivity contribution in [2.24, 2.45) is 0 Å². The predicted octanol–water partition coefficient (Wildman–Crippen LogP) is 2.87. The van der Waals surface area contributed by atoms with Gasteiger partial charge in [-0.05, 0) is 30.2 Å². The SMILES string of the molecule is COc1ccc(CC(=O)N[C@H](CN2CCOCC2)c2ccc(C)cc2)cc1F. The molecule has 1 N–H and O–H groups in total. The Morgan fingerprint density at radius 3 is 2.57 bits per heavy atom. The summed E-state index contributed by atoms with van der Waals surface area (Å²) < 4.78 is 24.2. The molecular formula is C22H27FN2O3. The van der Waals surface area contributed by atoms with Crippen LogP contribution in [0, 0.1) is 12.7 Å². The Kier molecular flexibility index (Phi) is 7.01. The molecule has 1 aliphatic rings. The van der Waals surface area contributed by atoms with Gasteiger partial charge in [-0.25, -0.2) is 4.39 Å². The van der Waals surface area contributed by atoms with Crippen LogP contribution in [0.4, 0.5) is 4.39 Å². The zero-order valence-electron chi connectivity index (χ0n) is 16.4. The Balaban J connectivity index is 1.69. The second-order valence-corrected chi connectivity index (χ2v) is 7.09. The van der Waals surface area contributed by atoms with Gasteiger partial charge < -0.3 is 14.8 Å². The number of rotatable bonds is 7. The molecule has 1 saturated heterocycles. The third kappa shape index (κ3) is 5.53. The molecule has 1 fully saturated rings. The van der Waals surface area contributed by atoms with Crippen molar-refractivity contribution in [1.82, 2.24) is 10.2 Å². The predicted molar refractivity (Wildman–Crippen MR) is 106 cm³/mol. The molecule has 0 spiro atoms. The molecule has 0 radical (unpaired) electrons. The van der Waals surface area contributed by atoms with Gasteiger partial charge in [-0.3, -0.25) is 9.69 Å². The van der Waals surface area contributed by atoms with E-state index in [1.165, 1.54) is 18.7 Å². The lowest BCUT2D eigenvalue weighted by Gasteiger charge is -2.31. The van der Waals surface area contributed by atoms with E-state index in [2.05, 4.69) is 10.2 Å². The van der Waals surface area contributed by atoms with Gasteiger partial charge in [0, 0.05) is 19.6 Å². The van der Waals surface area contributed by atoms with Crippen molar-refractivity contribution in [1.29, 1.82) is 0 Å². The van der Waals surface area contributed by atoms with Crippen LogP contribution in [0.1, 0.15) is 22.7 Å². The van der Waals surface area contributed by atoms with E-state index in [1.54, 1.807) is 12.1 Å². The van der Waals surface area contributed by atoms with Crippen molar-refractivity contribution in [2.45, 2.75) is 19.4 Å². The average Bonchev–Trinajstić information content (AvgIpc) is 2.69. The fourth-order valence-corrected chi connectivity index (χ4v) is 3.33. The summed E-state index contributed by atoms with van der Waals surface area (Å²) in [5, 5.41) is 3.12. The molecule has 0 aliphatic carbocycles. The summed E-state index contributed by atoms with van der Waals surface area (Å²) in [6.45, 7) is 5.87. The van der Waals surface area contributed by atoms with E-state index in [0.29, 0.717) is 18.8 Å². The Hall–Kier alpha value is -2.44. The van der Waals surface area contributed by atoms with Gasteiger partial charge in [0.05, 0.1) is 32.8 Å². The molecule has 1 aliphatic heterocycles. The molecule has 150 valence electrons. The van der Waals surface area contributed by atoms with Crippen LogP contribution < -0.4 is 10.1 Å². The normalized spacial score (nSPS) is 15.8. The first kappa shape index (κ1) is 20.3. The fraction of sp³-hybridized carbons (Fsp3) is 0.409. The summed E-state index contributed by atoms with van der Waals surface area (Å²) in [4.78, 5) is 15.0. The first-order chi connectivity index (χ1) is 13.5. The highest BCUT2D eigenvalue weighted by Crippen LogP contribution is 2.19. The number of benzene rings is 2. The quantitative estimate of drug-likeness (QED) is 0.795. The van der Waals surface area contributed by atoms with Gasteiger partial charge >= 0.3 is 0 Å². The van der Waals surface area contributed by atoms with E-state index in [-0.39, 0.29) is 24.1 Å². The average molecular weight is 386 g/mol. The number of aryl methyl sites for hydroxylation is 1. The second-order valence-electron chi connectivity index (χ2n) is 7.09. The molecule has 1 atom stereocenters. The minimum Gasteiger partial charge on any atom is -0.494 e. The molecule has 3 rings (SSSR count). The highest BCUT2D eigenvalue weighted by molar-refractivity contribution is 5.79. The molecule has 0 unspecified atom stereocenters. The number of carbonyl (C=O) groups is 1. The van der Waals surface area contributed by atoms with Gasteiger partial charge in [-0.15, -0.1) is 0 Å². The Labute approximate surface area is 165 Å². The number of hydrogen-bond donors (Lipinski definition) is 1. The van der Waals surface area contributed by atoms with Gasteiger partial charge in [0.2, 0.25) is 5.91 Å². The Morgan fingerprint density at radius 2 is 1.93 bits per heavy atom. The molecule has 0 aromatic heterocycles. The molecule has 2 aromatic carbocycles. The highest BCUT2D eigenvalue weighted by Gasteiger charge is 2.20. The molecule has 1 amide bonds. The fourth-order valence-electron chi connectivity index (χ4n) is 3.33. The summed E-state index contributed by atoms with van der Waals surface area (Å²) >= 11 is 0. The summed E-state index contributed by atoms with van der Waals surface area (Å²) in [6.07, 6.45) is 0.117. The third-order valence-electron chi connectivity index (χ3n) is 4.94. The van der Waals surface area contributed by atoms with Crippen molar-refractivity contribution in [3.63, 3.8) is 0 Å². The van der Waals surface area contributed by atoms with E-state index in [1.807, 2.05) is 31.2 Å². The maximum Gasteiger partial charge on any atom is 0.224 e. The minimum absolute atomic E-state index is 0.117. The van der Waals surface area contributed by atoms with E-state index in [4.69, 9.17) is 9.47 Å². The third-order valence-corrected chi connectivity index (χ3v) is 4.94. The number of hydrogen-bond acceptors (Lipinski definition) is 4. The van der Waals surface area contributed by atoms with Crippen molar-refractivity contribution in [3.05, 3.63) is 65.0 Å². The smallest absolute Gasteiger partial charge is 0.224 e. The van der Waals surface area contributed by atoms with Crippen LogP contribution in [-0.4, -0.2) is 50.8 Å². The van der Waals surface area contributed by atoms with Crippen molar-refractivity contribution >= 4 is 5.91 Å². The lowest BCUT2D eigenvalue weighted by Crippen LogP contribution is -2.43. The van der Waals surface area contributed by atoms with Crippen LogP contribution >= 0.6 is 0 Å². The number of halogens is 1. The number of carbonyl (C=O) groups excluding carboxylic acids is 1. The molecule has 5 nitrogen and oxygen atoms in total. The van der Waals surface area contributed by atoms with Crippen LogP contribution in [0.5, 0.6) is 5.75 Å². The van der Waals surface area contributed by atoms with Gasteiger partial charge in [0.25, 0.3) is 0 Å². The zero-order chi connectivity index (χ0) is 19.9. The van der Waals surface area contributed by atoms with Gasteiger partial charge in [0.15, 0.2) is 11.6 Å². The van der Waals surface area contributed by atoms with E-state index in [9.17, 15) is 9.18 Å². The van der Waals surface area contributed by atoms with Gasteiger partial charge in [0.1, 0.15) is 0 Å². The van der Waals surface area contributed by atoms with E-state index in [0.717, 1.165) is 25.2 Å². The summed E-state index contributed by atoms with van der Waals surface area (Å²) in [7, 11) is 1.42. The Bertz CT molecular complexity index is 789. The molecule has 0 bridgehead atoms. The van der Waals surface area contributed by atoms with Crippen LogP contribution in [0.25, 0.3) is 0 Å². The zero-order valence-corrected chi connectivity index (χ0v) is 16.4. The van der Waals surface area contributed by atoms with Crippen LogP contribution in [-0.2, 0) is 16.0 Å². The number of amides is 1. The monoisotopic (exact) mass is 386 g/mol. The number of ether oxygens (including phenoxy) is 2. The van der Waals surface area contributed by atoms with E-state index >= 15 is 0 Å². The molecule has 6 heteroatoms.